The summed E-state index contributed by atoms with van der Waals surface area (Å²) >= 11 is 3.40. The van der Waals surface area contributed by atoms with E-state index in [9.17, 15) is 4.79 Å². The molecule has 0 saturated carbocycles. The lowest BCUT2D eigenvalue weighted by molar-refractivity contribution is 0.0943. The molecule has 22 heavy (non-hydrogen) atoms. The van der Waals surface area contributed by atoms with Gasteiger partial charge in [-0.2, -0.15) is 0 Å². The maximum Gasteiger partial charge on any atom is 0.270 e. The fourth-order valence-corrected chi connectivity index (χ4v) is 2.15. The predicted molar refractivity (Wildman–Crippen MR) is 88.3 cm³/mol. The van der Waals surface area contributed by atoms with Crippen LogP contribution in [-0.2, 0) is 4.74 Å². The van der Waals surface area contributed by atoms with Crippen molar-refractivity contribution in [2.75, 3.05) is 25.6 Å². The predicted octanol–water partition coefficient (Wildman–Crippen LogP) is 2.75. The number of nitrogens with zero attached hydrogens (tertiary/aromatic N) is 2. The van der Waals surface area contributed by atoms with E-state index in [1.54, 1.807) is 19.4 Å². The van der Waals surface area contributed by atoms with Crippen LogP contribution in [0, 0.1) is 0 Å². The summed E-state index contributed by atoms with van der Waals surface area (Å²) in [4.78, 5) is 20.3. The molecule has 7 heteroatoms. The molecule has 6 nitrogen and oxygen atoms in total. The van der Waals surface area contributed by atoms with Crippen molar-refractivity contribution in [1.82, 2.24) is 15.3 Å². The molecule has 0 saturated heterocycles. The van der Waals surface area contributed by atoms with Crippen LogP contribution in [-0.4, -0.2) is 36.1 Å². The third-order valence-electron chi connectivity index (χ3n) is 2.78. The van der Waals surface area contributed by atoms with Gasteiger partial charge < -0.3 is 15.4 Å². The molecular formula is C15H17BrN4O2. The Morgan fingerprint density at radius 1 is 1.36 bits per heavy atom. The van der Waals surface area contributed by atoms with Crippen LogP contribution in [0.15, 0.2) is 41.0 Å². The fraction of sp³-hybridized carbons (Fsp3) is 0.267. The molecular weight excluding hydrogens is 348 g/mol. The largest absolute Gasteiger partial charge is 0.385 e. The van der Waals surface area contributed by atoms with Gasteiger partial charge in [0.2, 0.25) is 5.95 Å². The van der Waals surface area contributed by atoms with E-state index in [-0.39, 0.29) is 5.91 Å². The zero-order valence-corrected chi connectivity index (χ0v) is 13.8. The molecule has 0 unspecified atom stereocenters. The lowest BCUT2D eigenvalue weighted by atomic mass is 10.3. The number of carbonyl (C=O) groups excluding carboxylic acids is 1. The monoisotopic (exact) mass is 364 g/mol. The van der Waals surface area contributed by atoms with Gasteiger partial charge >= 0.3 is 0 Å². The van der Waals surface area contributed by atoms with Gasteiger partial charge in [-0.25, -0.2) is 9.97 Å². The molecule has 116 valence electrons. The summed E-state index contributed by atoms with van der Waals surface area (Å²) in [6.07, 6.45) is 2.31. The Morgan fingerprint density at radius 2 is 2.23 bits per heavy atom. The van der Waals surface area contributed by atoms with Crippen LogP contribution >= 0.6 is 15.9 Å². The summed E-state index contributed by atoms with van der Waals surface area (Å²) in [5.74, 6) is 0.151. The maximum absolute atomic E-state index is 12.0. The summed E-state index contributed by atoms with van der Waals surface area (Å²) in [6, 6.07) is 9.21. The number of hydrogen-bond acceptors (Lipinski definition) is 5. The molecule has 1 amide bonds. The second kappa shape index (κ2) is 8.45. The van der Waals surface area contributed by atoms with Crippen LogP contribution in [0.5, 0.6) is 0 Å². The van der Waals surface area contributed by atoms with Crippen molar-refractivity contribution in [2.24, 2.45) is 0 Å². The van der Waals surface area contributed by atoms with Gasteiger partial charge in [0.05, 0.1) is 0 Å². The third-order valence-corrected chi connectivity index (χ3v) is 3.27. The van der Waals surface area contributed by atoms with Gasteiger partial charge in [0.15, 0.2) is 0 Å². The molecule has 0 bridgehead atoms. The minimum atomic E-state index is -0.226. The summed E-state index contributed by atoms with van der Waals surface area (Å²) in [5.41, 5.74) is 1.16. The molecule has 1 heterocycles. The molecule has 0 aliphatic carbocycles. The second-order valence-electron chi connectivity index (χ2n) is 4.50. The Hall–Kier alpha value is -1.99. The first-order valence-electron chi connectivity index (χ1n) is 6.82. The Morgan fingerprint density at radius 3 is 3.00 bits per heavy atom. The molecule has 0 atom stereocenters. The number of ether oxygens (including phenoxy) is 1. The quantitative estimate of drug-likeness (QED) is 0.738. The zero-order valence-electron chi connectivity index (χ0n) is 12.2. The maximum atomic E-state index is 12.0. The average Bonchev–Trinajstić information content (AvgIpc) is 2.52. The van der Waals surface area contributed by atoms with Crippen LogP contribution in [0.1, 0.15) is 16.9 Å². The molecule has 0 aliphatic rings. The average molecular weight is 365 g/mol. The van der Waals surface area contributed by atoms with Gasteiger partial charge in [-0.05, 0) is 30.7 Å². The lowest BCUT2D eigenvalue weighted by Gasteiger charge is -2.07. The molecule has 0 aliphatic heterocycles. The number of halogens is 1. The summed E-state index contributed by atoms with van der Waals surface area (Å²) in [6.45, 7) is 1.16. The number of aromatic nitrogens is 2. The van der Waals surface area contributed by atoms with Crippen LogP contribution in [0.25, 0.3) is 0 Å². The second-order valence-corrected chi connectivity index (χ2v) is 5.42. The molecule has 2 rings (SSSR count). The van der Waals surface area contributed by atoms with Gasteiger partial charge in [-0.1, -0.05) is 22.0 Å². The van der Waals surface area contributed by atoms with E-state index in [0.29, 0.717) is 24.8 Å². The SMILES string of the molecule is COCCCNC(=O)c1ccnc(Nc2cccc(Br)c2)n1. The number of amides is 1. The van der Waals surface area contributed by atoms with Crippen LogP contribution < -0.4 is 10.6 Å². The van der Waals surface area contributed by atoms with E-state index in [0.717, 1.165) is 16.6 Å². The van der Waals surface area contributed by atoms with Crippen LogP contribution in [0.2, 0.25) is 0 Å². The first-order chi connectivity index (χ1) is 10.7. The van der Waals surface area contributed by atoms with Crippen LogP contribution in [0.3, 0.4) is 0 Å². The van der Waals surface area contributed by atoms with Gasteiger partial charge in [0.1, 0.15) is 5.69 Å². The minimum absolute atomic E-state index is 0.226. The lowest BCUT2D eigenvalue weighted by Crippen LogP contribution is -2.26. The van der Waals surface area contributed by atoms with Gasteiger partial charge in [0.25, 0.3) is 5.91 Å². The number of nitrogens with one attached hydrogen (secondary N) is 2. The summed E-state index contributed by atoms with van der Waals surface area (Å²) in [5, 5.41) is 5.85. The molecule has 0 radical (unpaired) electrons. The highest BCUT2D eigenvalue weighted by atomic mass is 79.9. The van der Waals surface area contributed by atoms with Crippen molar-refractivity contribution in [1.29, 1.82) is 0 Å². The summed E-state index contributed by atoms with van der Waals surface area (Å²) in [7, 11) is 1.63. The highest BCUT2D eigenvalue weighted by Crippen LogP contribution is 2.18. The minimum Gasteiger partial charge on any atom is -0.385 e. The van der Waals surface area contributed by atoms with E-state index < -0.39 is 0 Å². The Labute approximate surface area is 137 Å². The van der Waals surface area contributed by atoms with Crippen molar-refractivity contribution >= 4 is 33.5 Å². The van der Waals surface area contributed by atoms with E-state index in [1.807, 2.05) is 24.3 Å². The van der Waals surface area contributed by atoms with Crippen molar-refractivity contribution < 1.29 is 9.53 Å². The van der Waals surface area contributed by atoms with E-state index in [1.165, 1.54) is 0 Å². The molecule has 2 aromatic rings. The summed E-state index contributed by atoms with van der Waals surface area (Å²) < 4.78 is 5.88. The Balaban J connectivity index is 1.98. The zero-order chi connectivity index (χ0) is 15.8. The van der Waals surface area contributed by atoms with Crippen molar-refractivity contribution in [3.05, 3.63) is 46.7 Å². The first kappa shape index (κ1) is 16.4. The number of hydrogen-bond donors (Lipinski definition) is 2. The standard InChI is InChI=1S/C15H17BrN4O2/c1-22-9-3-7-17-14(21)13-6-8-18-15(20-13)19-12-5-2-4-11(16)10-12/h2,4-6,8,10H,3,7,9H2,1H3,(H,17,21)(H,18,19,20). The van der Waals surface area contributed by atoms with E-state index >= 15 is 0 Å². The molecule has 1 aromatic carbocycles. The van der Waals surface area contributed by atoms with E-state index in [4.69, 9.17) is 4.74 Å². The van der Waals surface area contributed by atoms with Crippen molar-refractivity contribution in [3.63, 3.8) is 0 Å². The van der Waals surface area contributed by atoms with Crippen molar-refractivity contribution in [3.8, 4) is 0 Å². The number of carbonyl (C=O) groups is 1. The van der Waals surface area contributed by atoms with E-state index in [2.05, 4.69) is 36.5 Å². The van der Waals surface area contributed by atoms with Gasteiger partial charge in [-0.15, -0.1) is 0 Å². The fourth-order valence-electron chi connectivity index (χ4n) is 1.75. The number of benzene rings is 1. The van der Waals surface area contributed by atoms with Crippen LogP contribution in [0.4, 0.5) is 11.6 Å². The highest BCUT2D eigenvalue weighted by molar-refractivity contribution is 9.10. The van der Waals surface area contributed by atoms with Gasteiger partial charge in [0, 0.05) is 36.6 Å². The number of methoxy groups -OCH3 is 1. The Bertz CT molecular complexity index is 636. The topological polar surface area (TPSA) is 76.1 Å². The Kier molecular flexibility index (Phi) is 6.29. The normalized spacial score (nSPS) is 10.3. The highest BCUT2D eigenvalue weighted by Gasteiger charge is 2.08. The molecule has 1 aromatic heterocycles. The third kappa shape index (κ3) is 5.09. The molecule has 0 fully saturated rings. The number of anilines is 2. The molecule has 2 N–H and O–H groups in total. The van der Waals surface area contributed by atoms with Gasteiger partial charge in [-0.3, -0.25) is 4.79 Å². The first-order valence-corrected chi connectivity index (χ1v) is 7.61. The van der Waals surface area contributed by atoms with Crippen molar-refractivity contribution in [2.45, 2.75) is 6.42 Å². The number of rotatable bonds is 7. The smallest absolute Gasteiger partial charge is 0.270 e. The molecule has 0 spiro atoms.